The summed E-state index contributed by atoms with van der Waals surface area (Å²) in [6.07, 6.45) is 1.64. The van der Waals surface area contributed by atoms with E-state index in [1.165, 1.54) is 4.68 Å². The van der Waals surface area contributed by atoms with Gasteiger partial charge in [-0.3, -0.25) is 9.59 Å². The van der Waals surface area contributed by atoms with E-state index in [0.29, 0.717) is 24.0 Å². The molecule has 3 aromatic carbocycles. The highest BCUT2D eigenvalue weighted by atomic mass is 28.4. The van der Waals surface area contributed by atoms with Gasteiger partial charge in [0.05, 0.1) is 35.6 Å². The van der Waals surface area contributed by atoms with Crippen molar-refractivity contribution in [2.24, 2.45) is 5.92 Å². The highest BCUT2D eigenvalue weighted by Gasteiger charge is 2.65. The van der Waals surface area contributed by atoms with Gasteiger partial charge in [0.1, 0.15) is 0 Å². The number of anilines is 1. The maximum atomic E-state index is 14.3. The molecule has 6 rings (SSSR count). The average Bonchev–Trinajstić information content (AvgIpc) is 3.37. The van der Waals surface area contributed by atoms with E-state index in [4.69, 9.17) is 4.74 Å². The number of ether oxygens (including phenoxy) is 1. The van der Waals surface area contributed by atoms with Crippen LogP contribution < -0.4 is 10.5 Å². The Bertz CT molecular complexity index is 1650. The van der Waals surface area contributed by atoms with E-state index in [0.717, 1.165) is 22.2 Å². The molecule has 0 aliphatic carbocycles. The summed E-state index contributed by atoms with van der Waals surface area (Å²) in [6, 6.07) is 22.5. The van der Waals surface area contributed by atoms with E-state index in [2.05, 4.69) is 5.10 Å². The number of aromatic nitrogens is 2. The summed E-state index contributed by atoms with van der Waals surface area (Å²) in [5.74, 6) is -0.413. The normalized spacial score (nSPS) is 24.3. The predicted octanol–water partition coefficient (Wildman–Crippen LogP) is 4.11. The number of rotatable bonds is 6. The fraction of sp³-hybridized carbons (Fsp3) is 0.323. The van der Waals surface area contributed by atoms with Crippen molar-refractivity contribution < 1.29 is 19.4 Å². The zero-order valence-electron chi connectivity index (χ0n) is 22.8. The van der Waals surface area contributed by atoms with Gasteiger partial charge in [-0.15, -0.1) is 0 Å². The Morgan fingerprint density at radius 2 is 1.70 bits per heavy atom. The van der Waals surface area contributed by atoms with Crippen molar-refractivity contribution in [1.82, 2.24) is 9.78 Å². The average molecular weight is 556 g/mol. The summed E-state index contributed by atoms with van der Waals surface area (Å²) < 4.78 is 7.99. The lowest BCUT2D eigenvalue weighted by Gasteiger charge is -2.32. The van der Waals surface area contributed by atoms with E-state index in [9.17, 15) is 19.5 Å². The third kappa shape index (κ3) is 4.04. The first-order chi connectivity index (χ1) is 19.2. The van der Waals surface area contributed by atoms with Crippen LogP contribution in [0.3, 0.4) is 0 Å². The van der Waals surface area contributed by atoms with Crippen molar-refractivity contribution in [3.05, 3.63) is 100 Å². The van der Waals surface area contributed by atoms with Gasteiger partial charge in [-0.1, -0.05) is 55.5 Å². The zero-order valence-corrected chi connectivity index (χ0v) is 23.8. The van der Waals surface area contributed by atoms with Crippen LogP contribution in [0.4, 0.5) is 5.69 Å². The van der Waals surface area contributed by atoms with E-state index >= 15 is 0 Å². The van der Waals surface area contributed by atoms with Gasteiger partial charge in [0.25, 0.3) is 11.5 Å². The van der Waals surface area contributed by atoms with Gasteiger partial charge in [0.15, 0.2) is 13.9 Å². The molecule has 0 unspecified atom stereocenters. The molecule has 1 aromatic heterocycles. The molecule has 1 spiro atoms. The van der Waals surface area contributed by atoms with Crippen LogP contribution in [0.1, 0.15) is 24.5 Å². The summed E-state index contributed by atoms with van der Waals surface area (Å²) in [4.78, 5) is 40.3. The van der Waals surface area contributed by atoms with Crippen molar-refractivity contribution in [1.29, 1.82) is 0 Å². The first kappa shape index (κ1) is 26.6. The van der Waals surface area contributed by atoms with Crippen molar-refractivity contribution in [2.75, 3.05) is 11.5 Å². The molecule has 4 aromatic rings. The van der Waals surface area contributed by atoms with Gasteiger partial charge in [-0.25, -0.2) is 0 Å². The Hall–Kier alpha value is -3.63. The number of carbonyl (C=O) groups excluding carboxylic acids is 1. The summed E-state index contributed by atoms with van der Waals surface area (Å²) in [5.41, 5.74) is 1.52. The lowest BCUT2D eigenvalue weighted by atomic mass is 9.82. The number of aliphatic hydroxyl groups is 1. The van der Waals surface area contributed by atoms with Gasteiger partial charge in [0, 0.05) is 29.0 Å². The number of fused-ring (bicyclic) bond motifs is 3. The molecule has 1 fully saturated rings. The van der Waals surface area contributed by atoms with Crippen LogP contribution in [0.5, 0.6) is 0 Å². The number of amides is 1. The predicted molar refractivity (Wildman–Crippen MR) is 156 cm³/mol. The third-order valence-electron chi connectivity index (χ3n) is 8.52. The minimum absolute atomic E-state index is 0.0739. The zero-order chi connectivity index (χ0) is 28.2. The van der Waals surface area contributed by atoms with Crippen LogP contribution in [-0.4, -0.2) is 46.6 Å². The second-order valence-electron chi connectivity index (χ2n) is 11.4. The Labute approximate surface area is 233 Å². The fourth-order valence-electron chi connectivity index (χ4n) is 6.79. The Morgan fingerprint density at radius 3 is 2.42 bits per heavy atom. The van der Waals surface area contributed by atoms with Crippen molar-refractivity contribution in [2.45, 2.75) is 50.2 Å². The second kappa shape index (κ2) is 9.78. The van der Waals surface area contributed by atoms with Gasteiger partial charge < -0.3 is 19.5 Å². The lowest BCUT2D eigenvalue weighted by Crippen LogP contribution is -2.46. The highest BCUT2D eigenvalue weighted by Crippen LogP contribution is 2.59. The SMILES string of the molecule is C[C@@H]1[C@@H]([Si](C)(C)O)[C@H](CCO)O[C@@]12C(=O)N(Cc1ccc(-n3ncc4ccccc4c3=O)cc1)c1ccccc12. The van der Waals surface area contributed by atoms with E-state index < -0.39 is 20.0 Å². The van der Waals surface area contributed by atoms with Crippen molar-refractivity contribution >= 4 is 30.7 Å². The molecule has 206 valence electrons. The smallest absolute Gasteiger partial charge is 0.279 e. The Kier molecular flexibility index (Phi) is 6.50. The molecule has 4 atom stereocenters. The number of para-hydroxylation sites is 1. The molecule has 8 nitrogen and oxygen atoms in total. The number of nitrogens with zero attached hydrogens (tertiary/aromatic N) is 3. The maximum Gasteiger partial charge on any atom is 0.279 e. The molecule has 2 aliphatic heterocycles. The van der Waals surface area contributed by atoms with E-state index in [1.54, 1.807) is 17.2 Å². The van der Waals surface area contributed by atoms with Gasteiger partial charge >= 0.3 is 0 Å². The highest BCUT2D eigenvalue weighted by molar-refractivity contribution is 6.71. The first-order valence-corrected chi connectivity index (χ1v) is 16.7. The molecular formula is C31H33N3O5Si. The quantitative estimate of drug-likeness (QED) is 0.347. The van der Waals surface area contributed by atoms with Crippen molar-refractivity contribution in [3.63, 3.8) is 0 Å². The number of aliphatic hydroxyl groups excluding tert-OH is 1. The molecule has 9 heteroatoms. The Morgan fingerprint density at radius 1 is 1.00 bits per heavy atom. The van der Waals surface area contributed by atoms with Crippen LogP contribution >= 0.6 is 0 Å². The molecular weight excluding hydrogens is 522 g/mol. The topological polar surface area (TPSA) is 105 Å². The number of hydrogen-bond donors (Lipinski definition) is 2. The molecule has 0 bridgehead atoms. The van der Waals surface area contributed by atoms with Gasteiger partial charge in [-0.05, 0) is 49.3 Å². The maximum absolute atomic E-state index is 14.3. The summed E-state index contributed by atoms with van der Waals surface area (Å²) in [6.45, 7) is 6.00. The molecule has 0 radical (unpaired) electrons. The molecule has 3 heterocycles. The first-order valence-electron chi connectivity index (χ1n) is 13.7. The van der Waals surface area contributed by atoms with Gasteiger partial charge in [0.2, 0.25) is 0 Å². The molecule has 0 saturated carbocycles. The lowest BCUT2D eigenvalue weighted by molar-refractivity contribution is -0.146. The minimum atomic E-state index is -2.73. The fourth-order valence-corrected chi connectivity index (χ4v) is 9.39. The van der Waals surface area contributed by atoms with E-state index in [1.807, 2.05) is 86.7 Å². The molecule has 40 heavy (non-hydrogen) atoms. The monoisotopic (exact) mass is 555 g/mol. The molecule has 1 amide bonds. The third-order valence-corrected chi connectivity index (χ3v) is 11.0. The van der Waals surface area contributed by atoms with Crippen LogP contribution in [0.15, 0.2) is 83.8 Å². The van der Waals surface area contributed by atoms with E-state index in [-0.39, 0.29) is 29.5 Å². The largest absolute Gasteiger partial charge is 0.432 e. The van der Waals surface area contributed by atoms with Crippen molar-refractivity contribution in [3.8, 4) is 5.69 Å². The standard InChI is InChI=1S/C31H33N3O5Si/c1-20-28(40(2,3)38)27(16-17-35)39-31(20)25-10-6-7-11-26(25)33(30(31)37)19-21-12-14-23(15-13-21)34-29(36)24-9-5-4-8-22(24)18-32-34/h4-15,18,20,27-28,35,38H,16-17,19H2,1-3H3/t20-,27+,28-,31+/m1/s1. The Balaban J connectivity index is 1.33. The van der Waals surface area contributed by atoms with Crippen LogP contribution in [-0.2, 0) is 21.7 Å². The van der Waals surface area contributed by atoms with Crippen LogP contribution in [0.2, 0.25) is 18.6 Å². The molecule has 1 saturated heterocycles. The van der Waals surface area contributed by atoms with Gasteiger partial charge in [-0.2, -0.15) is 9.78 Å². The molecule has 2 aliphatic rings. The summed E-state index contributed by atoms with van der Waals surface area (Å²) >= 11 is 0. The summed E-state index contributed by atoms with van der Waals surface area (Å²) in [5, 5.41) is 15.5. The summed E-state index contributed by atoms with van der Waals surface area (Å²) in [7, 11) is -2.73. The number of hydrogen-bond acceptors (Lipinski definition) is 6. The molecule has 2 N–H and O–H groups in total. The minimum Gasteiger partial charge on any atom is -0.432 e. The number of carbonyl (C=O) groups is 1. The number of benzene rings is 3. The van der Waals surface area contributed by atoms with Crippen LogP contribution in [0.25, 0.3) is 16.5 Å². The second-order valence-corrected chi connectivity index (χ2v) is 15.4. The van der Waals surface area contributed by atoms with Crippen LogP contribution in [0, 0.1) is 5.92 Å².